The van der Waals surface area contributed by atoms with Crippen LogP contribution in [-0.2, 0) is 0 Å². The fourth-order valence-electron chi connectivity index (χ4n) is 2.54. The van der Waals surface area contributed by atoms with Crippen molar-refractivity contribution in [3.63, 3.8) is 0 Å². The van der Waals surface area contributed by atoms with Crippen LogP contribution in [0.5, 0.6) is 0 Å². The van der Waals surface area contributed by atoms with Crippen LogP contribution in [0.3, 0.4) is 0 Å². The highest BCUT2D eigenvalue weighted by atomic mass is 16.3. The van der Waals surface area contributed by atoms with Gasteiger partial charge < -0.3 is 10.0 Å². The molecule has 3 nitrogen and oxygen atoms in total. The summed E-state index contributed by atoms with van der Waals surface area (Å²) in [6, 6.07) is 2.91. The Morgan fingerprint density at radius 3 is 2.33 bits per heavy atom. The number of fused-ring (bicyclic) bond motifs is 2. The Balaban J connectivity index is 2.18. The minimum atomic E-state index is -1.03. The molecule has 2 aliphatic heterocycles. The number of piperidine rings is 1. The summed E-state index contributed by atoms with van der Waals surface area (Å²) in [5.74, 6) is 0. The molecule has 2 atom stereocenters. The molecule has 2 saturated heterocycles. The molecular weight excluding hydrogens is 152 g/mol. The van der Waals surface area contributed by atoms with Crippen molar-refractivity contribution >= 4 is 0 Å². The number of nitriles is 1. The fraction of sp³-hybridized carbons (Fsp3) is 0.889. The van der Waals surface area contributed by atoms with E-state index >= 15 is 0 Å². The van der Waals surface area contributed by atoms with E-state index in [2.05, 4.69) is 11.9 Å². The Morgan fingerprint density at radius 2 is 1.92 bits per heavy atom. The Hall–Kier alpha value is -0.590. The molecule has 2 aliphatic rings. The molecule has 12 heavy (non-hydrogen) atoms. The number of aliphatic hydroxyl groups is 1. The van der Waals surface area contributed by atoms with E-state index < -0.39 is 5.60 Å². The first-order valence-electron chi connectivity index (χ1n) is 4.50. The van der Waals surface area contributed by atoms with Crippen LogP contribution in [0, 0.1) is 11.3 Å². The van der Waals surface area contributed by atoms with Gasteiger partial charge in [0.2, 0.25) is 0 Å². The highest BCUT2D eigenvalue weighted by Crippen LogP contribution is 2.39. The van der Waals surface area contributed by atoms with Gasteiger partial charge in [-0.3, -0.25) is 0 Å². The summed E-state index contributed by atoms with van der Waals surface area (Å²) in [6.07, 6.45) is 3.56. The third kappa shape index (κ3) is 1.03. The van der Waals surface area contributed by atoms with Crippen LogP contribution in [0.1, 0.15) is 25.7 Å². The maximum Gasteiger partial charge on any atom is 0.154 e. The second-order valence-electron chi connectivity index (χ2n) is 4.10. The van der Waals surface area contributed by atoms with E-state index in [1.54, 1.807) is 0 Å². The summed E-state index contributed by atoms with van der Waals surface area (Å²) in [5.41, 5.74) is -1.03. The first-order valence-corrected chi connectivity index (χ1v) is 4.50. The molecule has 0 saturated carbocycles. The standard InChI is InChI=1S/C9H14N2O/c1-11-7-2-3-8(11)5-9(12,4-7)6-10/h7-8,12H,2-5H2,1H3/t7-,8-/m0/s1. The van der Waals surface area contributed by atoms with E-state index in [0.29, 0.717) is 24.9 Å². The highest BCUT2D eigenvalue weighted by molar-refractivity contribution is 5.10. The lowest BCUT2D eigenvalue weighted by Crippen LogP contribution is -2.48. The summed E-state index contributed by atoms with van der Waals surface area (Å²) < 4.78 is 0. The Labute approximate surface area is 72.6 Å². The lowest BCUT2D eigenvalue weighted by molar-refractivity contribution is -0.00173. The maximum absolute atomic E-state index is 9.79. The molecule has 0 radical (unpaired) electrons. The summed E-state index contributed by atoms with van der Waals surface area (Å²) in [5, 5.41) is 18.6. The highest BCUT2D eigenvalue weighted by Gasteiger charge is 2.46. The number of hydrogen-bond acceptors (Lipinski definition) is 3. The zero-order chi connectivity index (χ0) is 8.77. The summed E-state index contributed by atoms with van der Waals surface area (Å²) >= 11 is 0. The number of hydrogen-bond donors (Lipinski definition) is 1. The normalized spacial score (nSPS) is 47.4. The molecular formula is C9H14N2O. The molecule has 0 aromatic heterocycles. The first kappa shape index (κ1) is 8.03. The molecule has 0 aromatic carbocycles. The van der Waals surface area contributed by atoms with Crippen molar-refractivity contribution < 1.29 is 5.11 Å². The topological polar surface area (TPSA) is 47.3 Å². The predicted octanol–water partition coefficient (Wildman–Crippen LogP) is 0.498. The Bertz CT molecular complexity index is 219. The van der Waals surface area contributed by atoms with Crippen molar-refractivity contribution in [1.82, 2.24) is 4.90 Å². The molecule has 0 aliphatic carbocycles. The molecule has 66 valence electrons. The minimum Gasteiger partial charge on any atom is -0.375 e. The summed E-state index contributed by atoms with van der Waals surface area (Å²) in [4.78, 5) is 2.31. The van der Waals surface area contributed by atoms with E-state index in [0.717, 1.165) is 12.8 Å². The van der Waals surface area contributed by atoms with Gasteiger partial charge in [0.15, 0.2) is 5.60 Å². The van der Waals surface area contributed by atoms with Crippen molar-refractivity contribution in [2.75, 3.05) is 7.05 Å². The summed E-state index contributed by atoms with van der Waals surface area (Å²) in [7, 11) is 2.10. The Morgan fingerprint density at radius 1 is 1.42 bits per heavy atom. The van der Waals surface area contributed by atoms with Gasteiger partial charge in [-0.1, -0.05) is 0 Å². The largest absolute Gasteiger partial charge is 0.375 e. The molecule has 3 heteroatoms. The average Bonchev–Trinajstić information content (AvgIpc) is 2.32. The molecule has 2 fully saturated rings. The van der Waals surface area contributed by atoms with Gasteiger partial charge in [0.1, 0.15) is 0 Å². The summed E-state index contributed by atoms with van der Waals surface area (Å²) in [6.45, 7) is 0. The van der Waals surface area contributed by atoms with E-state index in [4.69, 9.17) is 5.26 Å². The first-order chi connectivity index (χ1) is 5.64. The number of nitrogens with zero attached hydrogens (tertiary/aromatic N) is 2. The molecule has 2 rings (SSSR count). The van der Waals surface area contributed by atoms with Crippen LogP contribution in [0.15, 0.2) is 0 Å². The Kier molecular flexibility index (Phi) is 1.64. The number of rotatable bonds is 0. The second-order valence-corrected chi connectivity index (χ2v) is 4.10. The zero-order valence-corrected chi connectivity index (χ0v) is 7.32. The van der Waals surface area contributed by atoms with Gasteiger partial charge in [0.25, 0.3) is 0 Å². The predicted molar refractivity (Wildman–Crippen MR) is 44.4 cm³/mol. The molecule has 0 aromatic rings. The molecule has 0 amide bonds. The van der Waals surface area contributed by atoms with Gasteiger partial charge in [-0.15, -0.1) is 0 Å². The zero-order valence-electron chi connectivity index (χ0n) is 7.32. The van der Waals surface area contributed by atoms with Crippen LogP contribution in [0.2, 0.25) is 0 Å². The lowest BCUT2D eigenvalue weighted by atomic mass is 9.88. The van der Waals surface area contributed by atoms with Gasteiger partial charge in [-0.05, 0) is 19.9 Å². The van der Waals surface area contributed by atoms with E-state index in [1.165, 1.54) is 0 Å². The monoisotopic (exact) mass is 166 g/mol. The third-order valence-corrected chi connectivity index (χ3v) is 3.34. The van der Waals surface area contributed by atoms with Gasteiger partial charge in [-0.2, -0.15) is 5.26 Å². The molecule has 2 bridgehead atoms. The molecule has 2 heterocycles. The van der Waals surface area contributed by atoms with Crippen molar-refractivity contribution in [2.45, 2.75) is 43.4 Å². The fourth-order valence-corrected chi connectivity index (χ4v) is 2.54. The van der Waals surface area contributed by atoms with Gasteiger partial charge in [-0.25, -0.2) is 0 Å². The molecule has 0 spiro atoms. The van der Waals surface area contributed by atoms with Crippen molar-refractivity contribution in [3.8, 4) is 6.07 Å². The minimum absolute atomic E-state index is 0.438. The van der Waals surface area contributed by atoms with Gasteiger partial charge in [0.05, 0.1) is 6.07 Å². The SMILES string of the molecule is CN1[C@H]2CC[C@H]1CC(O)(C#N)C2. The smallest absolute Gasteiger partial charge is 0.154 e. The van der Waals surface area contributed by atoms with Crippen LogP contribution >= 0.6 is 0 Å². The third-order valence-electron chi connectivity index (χ3n) is 3.34. The maximum atomic E-state index is 9.79. The van der Waals surface area contributed by atoms with E-state index in [1.807, 2.05) is 6.07 Å². The van der Waals surface area contributed by atoms with E-state index in [9.17, 15) is 5.11 Å². The van der Waals surface area contributed by atoms with Crippen LogP contribution < -0.4 is 0 Å². The average molecular weight is 166 g/mol. The molecule has 1 N–H and O–H groups in total. The van der Waals surface area contributed by atoms with Gasteiger partial charge in [0, 0.05) is 24.9 Å². The quantitative estimate of drug-likeness (QED) is 0.533. The second kappa shape index (κ2) is 2.45. The van der Waals surface area contributed by atoms with Crippen LogP contribution in [0.4, 0.5) is 0 Å². The lowest BCUT2D eigenvalue weighted by Gasteiger charge is -2.38. The van der Waals surface area contributed by atoms with Crippen LogP contribution in [-0.4, -0.2) is 34.7 Å². The van der Waals surface area contributed by atoms with E-state index in [-0.39, 0.29) is 0 Å². The van der Waals surface area contributed by atoms with Crippen molar-refractivity contribution in [1.29, 1.82) is 5.26 Å². The molecule has 0 unspecified atom stereocenters. The van der Waals surface area contributed by atoms with Crippen LogP contribution in [0.25, 0.3) is 0 Å². The van der Waals surface area contributed by atoms with Crippen molar-refractivity contribution in [3.05, 3.63) is 0 Å². The van der Waals surface area contributed by atoms with Gasteiger partial charge >= 0.3 is 0 Å². The van der Waals surface area contributed by atoms with Crippen molar-refractivity contribution in [2.24, 2.45) is 0 Å².